The second kappa shape index (κ2) is 3.87. The average molecular weight is 246 g/mol. The van der Waals surface area contributed by atoms with Gasteiger partial charge in [-0.05, 0) is 40.5 Å². The fourth-order valence-electron chi connectivity index (χ4n) is 0.966. The lowest BCUT2D eigenvalue weighted by Gasteiger charge is -2.04. The SMILES string of the molecule is CNC(=O)c1cc(C)c(F)cc1Br. The first kappa shape index (κ1) is 10.2. The van der Waals surface area contributed by atoms with Crippen LogP contribution in [0.25, 0.3) is 0 Å². The molecule has 0 unspecified atom stereocenters. The van der Waals surface area contributed by atoms with Crippen molar-refractivity contribution in [2.45, 2.75) is 6.92 Å². The molecule has 1 N–H and O–H groups in total. The van der Waals surface area contributed by atoms with Gasteiger partial charge in [0, 0.05) is 11.5 Å². The zero-order chi connectivity index (χ0) is 10.0. The molecule has 0 fully saturated rings. The summed E-state index contributed by atoms with van der Waals surface area (Å²) in [7, 11) is 1.54. The van der Waals surface area contributed by atoms with Gasteiger partial charge in [-0.3, -0.25) is 4.79 Å². The van der Waals surface area contributed by atoms with Crippen molar-refractivity contribution in [1.29, 1.82) is 0 Å². The van der Waals surface area contributed by atoms with Crippen LogP contribution in [0.5, 0.6) is 0 Å². The van der Waals surface area contributed by atoms with E-state index in [1.807, 2.05) is 0 Å². The van der Waals surface area contributed by atoms with Gasteiger partial charge in [-0.25, -0.2) is 4.39 Å². The van der Waals surface area contributed by atoms with Gasteiger partial charge in [0.15, 0.2) is 0 Å². The van der Waals surface area contributed by atoms with E-state index in [-0.39, 0.29) is 11.7 Å². The number of carbonyl (C=O) groups excluding carboxylic acids is 1. The van der Waals surface area contributed by atoms with Gasteiger partial charge in [-0.1, -0.05) is 0 Å². The summed E-state index contributed by atoms with van der Waals surface area (Å²) in [6.07, 6.45) is 0. The van der Waals surface area contributed by atoms with Gasteiger partial charge in [-0.15, -0.1) is 0 Å². The van der Waals surface area contributed by atoms with E-state index < -0.39 is 0 Å². The Morgan fingerprint density at radius 1 is 1.54 bits per heavy atom. The Morgan fingerprint density at radius 2 is 2.15 bits per heavy atom. The van der Waals surface area contributed by atoms with Gasteiger partial charge in [-0.2, -0.15) is 0 Å². The summed E-state index contributed by atoms with van der Waals surface area (Å²) in [5, 5.41) is 2.48. The van der Waals surface area contributed by atoms with Crippen LogP contribution in [0.4, 0.5) is 4.39 Å². The van der Waals surface area contributed by atoms with Crippen molar-refractivity contribution in [3.05, 3.63) is 33.5 Å². The zero-order valence-corrected chi connectivity index (χ0v) is 8.90. The van der Waals surface area contributed by atoms with Crippen LogP contribution in [0, 0.1) is 12.7 Å². The van der Waals surface area contributed by atoms with Gasteiger partial charge in [0.2, 0.25) is 0 Å². The molecule has 0 saturated heterocycles. The summed E-state index contributed by atoms with van der Waals surface area (Å²) in [6, 6.07) is 2.80. The number of amides is 1. The number of aryl methyl sites for hydroxylation is 1. The number of benzene rings is 1. The van der Waals surface area contributed by atoms with Gasteiger partial charge < -0.3 is 5.32 Å². The van der Waals surface area contributed by atoms with E-state index in [0.717, 1.165) is 0 Å². The summed E-state index contributed by atoms with van der Waals surface area (Å²) in [5.74, 6) is -0.547. The molecule has 70 valence electrons. The second-order valence-corrected chi connectivity index (χ2v) is 3.51. The third kappa shape index (κ3) is 2.06. The number of halogens is 2. The Balaban J connectivity index is 3.23. The molecule has 0 aliphatic rings. The van der Waals surface area contributed by atoms with Gasteiger partial charge in [0.25, 0.3) is 5.91 Å². The van der Waals surface area contributed by atoms with Crippen molar-refractivity contribution in [1.82, 2.24) is 5.32 Å². The minimum absolute atomic E-state index is 0.227. The monoisotopic (exact) mass is 245 g/mol. The fraction of sp³-hybridized carbons (Fsp3) is 0.222. The third-order valence-corrected chi connectivity index (χ3v) is 2.38. The average Bonchev–Trinajstić information content (AvgIpc) is 2.10. The molecule has 0 spiro atoms. The highest BCUT2D eigenvalue weighted by Gasteiger charge is 2.10. The van der Waals surface area contributed by atoms with Crippen molar-refractivity contribution in [3.63, 3.8) is 0 Å². The topological polar surface area (TPSA) is 29.1 Å². The van der Waals surface area contributed by atoms with Crippen LogP contribution in [0.15, 0.2) is 16.6 Å². The van der Waals surface area contributed by atoms with Crippen molar-refractivity contribution < 1.29 is 9.18 Å². The molecule has 2 nitrogen and oxygen atoms in total. The lowest BCUT2D eigenvalue weighted by atomic mass is 10.1. The summed E-state index contributed by atoms with van der Waals surface area (Å²) in [4.78, 5) is 11.2. The molecule has 0 heterocycles. The van der Waals surface area contributed by atoms with Crippen LogP contribution in [-0.2, 0) is 0 Å². The lowest BCUT2D eigenvalue weighted by Crippen LogP contribution is -2.18. The van der Waals surface area contributed by atoms with E-state index in [9.17, 15) is 9.18 Å². The lowest BCUT2D eigenvalue weighted by molar-refractivity contribution is 0.0962. The minimum Gasteiger partial charge on any atom is -0.355 e. The molecule has 13 heavy (non-hydrogen) atoms. The molecule has 0 radical (unpaired) electrons. The quantitative estimate of drug-likeness (QED) is 0.809. The van der Waals surface area contributed by atoms with Crippen LogP contribution >= 0.6 is 15.9 Å². The Labute approximate surface area is 84.3 Å². The molecule has 1 amide bonds. The van der Waals surface area contributed by atoms with Crippen LogP contribution in [0.1, 0.15) is 15.9 Å². The first-order valence-electron chi connectivity index (χ1n) is 3.74. The molecule has 0 aliphatic carbocycles. The summed E-state index contributed by atoms with van der Waals surface area (Å²) in [6.45, 7) is 1.62. The third-order valence-electron chi connectivity index (χ3n) is 1.72. The summed E-state index contributed by atoms with van der Waals surface area (Å²) >= 11 is 3.12. The van der Waals surface area contributed by atoms with E-state index in [0.29, 0.717) is 15.6 Å². The molecule has 0 bridgehead atoms. The Hall–Kier alpha value is -0.900. The van der Waals surface area contributed by atoms with Gasteiger partial charge in [0.05, 0.1) is 5.56 Å². The predicted octanol–water partition coefficient (Wildman–Crippen LogP) is 2.26. The molecule has 0 saturated carbocycles. The number of hydrogen-bond donors (Lipinski definition) is 1. The Bertz CT molecular complexity index is 352. The zero-order valence-electron chi connectivity index (χ0n) is 7.32. The van der Waals surface area contributed by atoms with Crippen molar-refractivity contribution in [2.24, 2.45) is 0 Å². The standard InChI is InChI=1S/C9H9BrFNO/c1-5-3-6(9(13)12-2)7(10)4-8(5)11/h3-4H,1-2H3,(H,12,13). The van der Waals surface area contributed by atoms with Gasteiger partial charge >= 0.3 is 0 Å². The normalized spacial score (nSPS) is 9.85. The smallest absolute Gasteiger partial charge is 0.252 e. The second-order valence-electron chi connectivity index (χ2n) is 2.66. The van der Waals surface area contributed by atoms with Crippen molar-refractivity contribution >= 4 is 21.8 Å². The number of carbonyl (C=O) groups is 1. The number of hydrogen-bond acceptors (Lipinski definition) is 1. The molecule has 0 aliphatic heterocycles. The molecule has 1 rings (SSSR count). The van der Waals surface area contributed by atoms with E-state index >= 15 is 0 Å². The summed E-state index contributed by atoms with van der Waals surface area (Å²) in [5.41, 5.74) is 0.906. The van der Waals surface area contributed by atoms with E-state index in [2.05, 4.69) is 21.2 Å². The maximum atomic E-state index is 13.0. The minimum atomic E-state index is -0.320. The maximum absolute atomic E-state index is 13.0. The first-order valence-corrected chi connectivity index (χ1v) is 4.53. The van der Waals surface area contributed by atoms with Crippen LogP contribution < -0.4 is 5.32 Å². The van der Waals surface area contributed by atoms with Crippen molar-refractivity contribution in [3.8, 4) is 0 Å². The van der Waals surface area contributed by atoms with E-state index in [1.54, 1.807) is 6.92 Å². The highest BCUT2D eigenvalue weighted by molar-refractivity contribution is 9.10. The highest BCUT2D eigenvalue weighted by Crippen LogP contribution is 2.20. The fourth-order valence-corrected chi connectivity index (χ4v) is 1.46. The highest BCUT2D eigenvalue weighted by atomic mass is 79.9. The Kier molecular flexibility index (Phi) is 3.03. The molecule has 0 aromatic heterocycles. The molecule has 1 aromatic rings. The molecule has 4 heteroatoms. The molecular weight excluding hydrogens is 237 g/mol. The molecule has 0 atom stereocenters. The predicted molar refractivity (Wildman–Crippen MR) is 52.2 cm³/mol. The Morgan fingerprint density at radius 3 is 2.69 bits per heavy atom. The summed E-state index contributed by atoms with van der Waals surface area (Å²) < 4.78 is 13.4. The van der Waals surface area contributed by atoms with Crippen LogP contribution in [0.2, 0.25) is 0 Å². The molecule has 1 aromatic carbocycles. The molecular formula is C9H9BrFNO. The van der Waals surface area contributed by atoms with Crippen LogP contribution in [-0.4, -0.2) is 13.0 Å². The van der Waals surface area contributed by atoms with Crippen molar-refractivity contribution in [2.75, 3.05) is 7.05 Å². The van der Waals surface area contributed by atoms with Crippen LogP contribution in [0.3, 0.4) is 0 Å². The first-order chi connectivity index (χ1) is 6.06. The van der Waals surface area contributed by atoms with E-state index in [1.165, 1.54) is 19.2 Å². The largest absolute Gasteiger partial charge is 0.355 e. The van der Waals surface area contributed by atoms with Gasteiger partial charge in [0.1, 0.15) is 5.82 Å². The maximum Gasteiger partial charge on any atom is 0.252 e. The van der Waals surface area contributed by atoms with E-state index in [4.69, 9.17) is 0 Å². The number of nitrogens with one attached hydrogen (secondary N) is 1. The number of rotatable bonds is 1.